The number of fused-ring (bicyclic) bond motifs is 1. The molecule has 0 bridgehead atoms. The summed E-state index contributed by atoms with van der Waals surface area (Å²) in [6.07, 6.45) is 1.14. The molecule has 0 radical (unpaired) electrons. The van der Waals surface area contributed by atoms with E-state index in [-0.39, 0.29) is 6.10 Å². The van der Waals surface area contributed by atoms with E-state index in [0.717, 1.165) is 29.4 Å². The van der Waals surface area contributed by atoms with Gasteiger partial charge in [-0.25, -0.2) is 0 Å². The lowest BCUT2D eigenvalue weighted by molar-refractivity contribution is 0.125. The van der Waals surface area contributed by atoms with Crippen LogP contribution < -0.4 is 20.1 Å². The summed E-state index contributed by atoms with van der Waals surface area (Å²) < 4.78 is 17.1. The van der Waals surface area contributed by atoms with Crippen LogP contribution >= 0.6 is 0 Å². The highest BCUT2D eigenvalue weighted by molar-refractivity contribution is 5.79. The van der Waals surface area contributed by atoms with E-state index in [1.807, 2.05) is 18.2 Å². The molecule has 1 atom stereocenters. The fourth-order valence-electron chi connectivity index (χ4n) is 3.22. The van der Waals surface area contributed by atoms with Crippen molar-refractivity contribution in [3.05, 3.63) is 59.2 Å². The molecule has 0 saturated heterocycles. The highest BCUT2D eigenvalue weighted by atomic mass is 16.5. The summed E-state index contributed by atoms with van der Waals surface area (Å²) in [5.74, 6) is 2.54. The second-order valence-electron chi connectivity index (χ2n) is 6.80. The van der Waals surface area contributed by atoms with Crippen molar-refractivity contribution in [3.8, 4) is 11.5 Å². The van der Waals surface area contributed by atoms with E-state index < -0.39 is 0 Å². The molecule has 1 aliphatic rings. The Balaban J connectivity index is 1.45. The first-order valence-corrected chi connectivity index (χ1v) is 9.62. The molecule has 0 fully saturated rings. The maximum atomic E-state index is 5.86. The quantitative estimate of drug-likeness (QED) is 0.417. The molecular weight excluding hydrogens is 354 g/mol. The zero-order valence-electron chi connectivity index (χ0n) is 16.8. The van der Waals surface area contributed by atoms with Gasteiger partial charge in [0.25, 0.3) is 0 Å². The number of rotatable bonds is 8. The second kappa shape index (κ2) is 9.99. The zero-order chi connectivity index (χ0) is 19.8. The van der Waals surface area contributed by atoms with Gasteiger partial charge in [-0.3, -0.25) is 4.99 Å². The van der Waals surface area contributed by atoms with E-state index in [4.69, 9.17) is 14.2 Å². The number of nitrogens with one attached hydrogen (secondary N) is 2. The molecule has 0 spiro atoms. The minimum Gasteiger partial charge on any atom is -0.496 e. The van der Waals surface area contributed by atoms with Crippen molar-refractivity contribution < 1.29 is 14.2 Å². The number of nitrogens with zero attached hydrogens (tertiary/aromatic N) is 1. The number of ether oxygens (including phenoxy) is 3. The van der Waals surface area contributed by atoms with Gasteiger partial charge in [-0.2, -0.15) is 0 Å². The van der Waals surface area contributed by atoms with E-state index in [0.29, 0.717) is 26.3 Å². The van der Waals surface area contributed by atoms with Crippen LogP contribution in [0.1, 0.15) is 23.6 Å². The average Bonchev–Trinajstić information content (AvgIpc) is 3.08. The Morgan fingerprint density at radius 3 is 2.79 bits per heavy atom. The maximum Gasteiger partial charge on any atom is 0.191 e. The van der Waals surface area contributed by atoms with Crippen molar-refractivity contribution in [2.24, 2.45) is 4.99 Å². The summed E-state index contributed by atoms with van der Waals surface area (Å²) in [6, 6.07) is 14.3. The molecule has 2 aromatic carbocycles. The van der Waals surface area contributed by atoms with Crippen LogP contribution in [0.4, 0.5) is 0 Å². The summed E-state index contributed by atoms with van der Waals surface area (Å²) in [4.78, 5) is 4.27. The van der Waals surface area contributed by atoms with E-state index >= 15 is 0 Å². The molecule has 28 heavy (non-hydrogen) atoms. The summed E-state index contributed by atoms with van der Waals surface area (Å²) >= 11 is 0. The molecule has 3 rings (SSSR count). The van der Waals surface area contributed by atoms with Crippen molar-refractivity contribution in [3.63, 3.8) is 0 Å². The van der Waals surface area contributed by atoms with Crippen molar-refractivity contribution in [2.75, 3.05) is 27.3 Å². The first kappa shape index (κ1) is 20.0. The van der Waals surface area contributed by atoms with Crippen LogP contribution in [0.5, 0.6) is 11.5 Å². The third-order valence-electron chi connectivity index (χ3n) is 4.62. The normalized spacial score (nSPS) is 15.7. The third-order valence-corrected chi connectivity index (χ3v) is 4.62. The molecule has 1 aliphatic heterocycles. The molecule has 2 aromatic rings. The lowest BCUT2D eigenvalue weighted by Gasteiger charge is -2.15. The van der Waals surface area contributed by atoms with E-state index in [9.17, 15) is 0 Å². The Labute approximate surface area is 166 Å². The molecule has 0 aromatic heterocycles. The monoisotopic (exact) mass is 383 g/mol. The van der Waals surface area contributed by atoms with Crippen molar-refractivity contribution >= 4 is 5.96 Å². The Morgan fingerprint density at radius 1 is 1.21 bits per heavy atom. The van der Waals surface area contributed by atoms with Crippen LogP contribution in [0.15, 0.2) is 47.5 Å². The largest absolute Gasteiger partial charge is 0.496 e. The maximum absolute atomic E-state index is 5.86. The molecule has 6 nitrogen and oxygen atoms in total. The first-order chi connectivity index (χ1) is 13.7. The molecule has 0 aliphatic carbocycles. The van der Waals surface area contributed by atoms with Crippen molar-refractivity contribution in [1.82, 2.24) is 10.6 Å². The number of methoxy groups -OCH3 is 1. The SMILES string of the molecule is CN=C(NCCOCc1ccccc1)NCc1cc2c(cc1OC)CC(C)O2. The van der Waals surface area contributed by atoms with Gasteiger partial charge >= 0.3 is 0 Å². The van der Waals surface area contributed by atoms with Crippen LogP contribution in [0.25, 0.3) is 0 Å². The number of hydrogen-bond donors (Lipinski definition) is 2. The summed E-state index contributed by atoms with van der Waals surface area (Å²) in [7, 11) is 3.45. The number of hydrogen-bond acceptors (Lipinski definition) is 4. The van der Waals surface area contributed by atoms with Crippen LogP contribution in [0, 0.1) is 0 Å². The fourth-order valence-corrected chi connectivity index (χ4v) is 3.22. The first-order valence-electron chi connectivity index (χ1n) is 9.62. The highest BCUT2D eigenvalue weighted by Gasteiger charge is 2.21. The lowest BCUT2D eigenvalue weighted by atomic mass is 10.1. The molecule has 1 heterocycles. The van der Waals surface area contributed by atoms with E-state index in [1.165, 1.54) is 11.1 Å². The van der Waals surface area contributed by atoms with Crippen LogP contribution in [-0.4, -0.2) is 39.4 Å². The zero-order valence-corrected chi connectivity index (χ0v) is 16.8. The smallest absolute Gasteiger partial charge is 0.191 e. The van der Waals surface area contributed by atoms with Crippen LogP contribution in [0.2, 0.25) is 0 Å². The molecule has 2 N–H and O–H groups in total. The van der Waals surface area contributed by atoms with Crippen molar-refractivity contribution in [1.29, 1.82) is 0 Å². The van der Waals surface area contributed by atoms with Gasteiger partial charge in [-0.1, -0.05) is 30.3 Å². The molecule has 6 heteroatoms. The molecule has 150 valence electrons. The van der Waals surface area contributed by atoms with Crippen LogP contribution in [0.3, 0.4) is 0 Å². The Hall–Kier alpha value is -2.73. The average molecular weight is 383 g/mol. The summed E-state index contributed by atoms with van der Waals surface area (Å²) in [5, 5.41) is 6.58. The van der Waals surface area contributed by atoms with E-state index in [2.05, 4.69) is 46.8 Å². The molecule has 0 saturated carbocycles. The predicted octanol–water partition coefficient (Wildman–Crippen LogP) is 2.90. The van der Waals surface area contributed by atoms with Gasteiger partial charge in [0.2, 0.25) is 0 Å². The molecule has 1 unspecified atom stereocenters. The summed E-state index contributed by atoms with van der Waals surface area (Å²) in [6.45, 7) is 4.56. The standard InChI is InChI=1S/C22H29N3O3/c1-16-11-18-12-20(26-3)19(13-21(18)28-16)14-25-22(23-2)24-9-10-27-15-17-7-5-4-6-8-17/h4-8,12-13,16H,9-11,14-15H2,1-3H3,(H2,23,24,25). The Kier molecular flexibility index (Phi) is 7.14. The van der Waals surface area contributed by atoms with Gasteiger partial charge in [0.15, 0.2) is 5.96 Å². The topological polar surface area (TPSA) is 64.1 Å². The fraction of sp³-hybridized carbons (Fsp3) is 0.409. The summed E-state index contributed by atoms with van der Waals surface area (Å²) in [5.41, 5.74) is 3.41. The lowest BCUT2D eigenvalue weighted by Crippen LogP contribution is -2.38. The molecular formula is C22H29N3O3. The minimum absolute atomic E-state index is 0.216. The molecule has 0 amide bonds. The minimum atomic E-state index is 0.216. The number of guanidine groups is 1. The highest BCUT2D eigenvalue weighted by Crippen LogP contribution is 2.34. The Bertz CT molecular complexity index is 793. The second-order valence-corrected chi connectivity index (χ2v) is 6.80. The van der Waals surface area contributed by atoms with Gasteiger partial charge in [-0.15, -0.1) is 0 Å². The third kappa shape index (κ3) is 5.39. The number of aliphatic imine (C=N–C) groups is 1. The van der Waals surface area contributed by atoms with Gasteiger partial charge in [0, 0.05) is 37.7 Å². The van der Waals surface area contributed by atoms with Gasteiger partial charge in [0.05, 0.1) is 20.3 Å². The van der Waals surface area contributed by atoms with Gasteiger partial charge in [-0.05, 0) is 24.6 Å². The van der Waals surface area contributed by atoms with Gasteiger partial charge < -0.3 is 24.8 Å². The van der Waals surface area contributed by atoms with Crippen LogP contribution in [-0.2, 0) is 24.3 Å². The number of benzene rings is 2. The Morgan fingerprint density at radius 2 is 2.04 bits per heavy atom. The van der Waals surface area contributed by atoms with Crippen molar-refractivity contribution in [2.45, 2.75) is 32.6 Å². The van der Waals surface area contributed by atoms with E-state index in [1.54, 1.807) is 14.2 Å². The van der Waals surface area contributed by atoms with Gasteiger partial charge in [0.1, 0.15) is 17.6 Å². The predicted molar refractivity (Wildman–Crippen MR) is 111 cm³/mol.